The van der Waals surface area contributed by atoms with Gasteiger partial charge in [-0.25, -0.2) is 4.98 Å². The third-order valence-corrected chi connectivity index (χ3v) is 1.93. The van der Waals surface area contributed by atoms with E-state index in [-0.39, 0.29) is 9.63 Å². The van der Waals surface area contributed by atoms with Crippen molar-refractivity contribution < 1.29 is 13.2 Å². The molecule has 0 bridgehead atoms. The number of hydrogen-bond donors (Lipinski definition) is 0. The predicted molar refractivity (Wildman–Crippen MR) is 41.9 cm³/mol. The van der Waals surface area contributed by atoms with Crippen LogP contribution in [0.1, 0.15) is 5.69 Å². The fraction of sp³-hybridized carbons (Fsp3) is 0.167. The van der Waals surface area contributed by atoms with Crippen LogP contribution in [0.25, 0.3) is 0 Å². The molecule has 0 aromatic carbocycles. The van der Waals surface area contributed by atoms with Crippen molar-refractivity contribution in [1.29, 1.82) is 0 Å². The predicted octanol–water partition coefficient (Wildman–Crippen LogP) is 3.52. The summed E-state index contributed by atoms with van der Waals surface area (Å²) in [6.07, 6.45) is -4.47. The third-order valence-electron chi connectivity index (χ3n) is 1.08. The number of hydrogen-bond acceptors (Lipinski definition) is 1. The van der Waals surface area contributed by atoms with Gasteiger partial charge in [0, 0.05) is 4.47 Å². The average Bonchev–Trinajstić information content (AvgIpc) is 1.92. The Labute approximate surface area is 79.7 Å². The molecule has 0 atom stereocenters. The first-order valence-corrected chi connectivity index (χ1v) is 3.97. The normalized spacial score (nSPS) is 11.8. The number of halogens is 5. The third kappa shape index (κ3) is 2.10. The summed E-state index contributed by atoms with van der Waals surface area (Å²) < 4.78 is 36.1. The molecule has 0 aliphatic rings. The van der Waals surface area contributed by atoms with Gasteiger partial charge in [-0.2, -0.15) is 13.2 Å². The fourth-order valence-corrected chi connectivity index (χ4v) is 1.21. The fourth-order valence-electron chi connectivity index (χ4n) is 0.617. The van der Waals surface area contributed by atoms with Crippen LogP contribution < -0.4 is 0 Å². The molecule has 1 rings (SSSR count). The summed E-state index contributed by atoms with van der Waals surface area (Å²) in [4.78, 5) is 3.14. The maximum Gasteiger partial charge on any atom is 0.434 e. The van der Waals surface area contributed by atoms with Gasteiger partial charge in [0.05, 0.1) is 0 Å². The standard InChI is InChI=1S/C6H2BrClF3N/c7-3-1-2-4(8)12-5(3)6(9,10)11/h1-2H. The van der Waals surface area contributed by atoms with Crippen molar-refractivity contribution in [2.75, 3.05) is 0 Å². The van der Waals surface area contributed by atoms with Crippen molar-refractivity contribution in [2.45, 2.75) is 6.18 Å². The summed E-state index contributed by atoms with van der Waals surface area (Å²) in [7, 11) is 0. The monoisotopic (exact) mass is 259 g/mol. The van der Waals surface area contributed by atoms with Crippen molar-refractivity contribution in [3.05, 3.63) is 27.5 Å². The van der Waals surface area contributed by atoms with Crippen molar-refractivity contribution >= 4 is 27.5 Å². The lowest BCUT2D eigenvalue weighted by atomic mass is 10.3. The Morgan fingerprint density at radius 1 is 1.33 bits per heavy atom. The van der Waals surface area contributed by atoms with Gasteiger partial charge in [-0.1, -0.05) is 11.6 Å². The van der Waals surface area contributed by atoms with Crippen LogP contribution in [0, 0.1) is 0 Å². The summed E-state index contributed by atoms with van der Waals surface area (Å²) >= 11 is 8.02. The van der Waals surface area contributed by atoms with E-state index in [0.29, 0.717) is 0 Å². The largest absolute Gasteiger partial charge is 0.434 e. The molecule has 0 fully saturated rings. The number of alkyl halides is 3. The molecule has 0 saturated heterocycles. The van der Waals surface area contributed by atoms with Crippen LogP contribution in [-0.2, 0) is 6.18 Å². The molecule has 0 saturated carbocycles. The SMILES string of the molecule is FC(F)(F)c1nc(Cl)ccc1Br. The maximum atomic E-state index is 12.1. The van der Waals surface area contributed by atoms with Crippen LogP contribution in [-0.4, -0.2) is 4.98 Å². The molecule has 0 aliphatic carbocycles. The minimum Gasteiger partial charge on any atom is -0.230 e. The second-order valence-electron chi connectivity index (χ2n) is 1.96. The highest BCUT2D eigenvalue weighted by molar-refractivity contribution is 9.10. The highest BCUT2D eigenvalue weighted by Gasteiger charge is 2.35. The molecule has 6 heteroatoms. The van der Waals surface area contributed by atoms with Crippen LogP contribution in [0.2, 0.25) is 5.15 Å². The van der Waals surface area contributed by atoms with Gasteiger partial charge in [0.25, 0.3) is 0 Å². The van der Waals surface area contributed by atoms with Gasteiger partial charge < -0.3 is 0 Å². The average molecular weight is 260 g/mol. The molecular formula is C6H2BrClF3N. The summed E-state index contributed by atoms with van der Waals surface area (Å²) in [6, 6.07) is 2.49. The summed E-state index contributed by atoms with van der Waals surface area (Å²) in [5, 5.41) is -0.175. The quantitative estimate of drug-likeness (QED) is 0.650. The van der Waals surface area contributed by atoms with E-state index >= 15 is 0 Å². The zero-order valence-corrected chi connectivity index (χ0v) is 7.83. The van der Waals surface area contributed by atoms with Crippen LogP contribution in [0.15, 0.2) is 16.6 Å². The molecule has 1 heterocycles. The summed E-state index contributed by atoms with van der Waals surface area (Å²) in [6.45, 7) is 0. The van der Waals surface area contributed by atoms with Crippen molar-refractivity contribution in [2.24, 2.45) is 0 Å². The summed E-state index contributed by atoms with van der Waals surface area (Å²) in [5.41, 5.74) is -1.00. The molecule has 1 aromatic heterocycles. The number of aromatic nitrogens is 1. The number of nitrogens with zero attached hydrogens (tertiary/aromatic N) is 1. The van der Waals surface area contributed by atoms with Gasteiger partial charge in [0.1, 0.15) is 5.15 Å². The first-order valence-electron chi connectivity index (χ1n) is 2.80. The first-order chi connectivity index (χ1) is 5.41. The first kappa shape index (κ1) is 9.80. The van der Waals surface area contributed by atoms with Crippen LogP contribution >= 0.6 is 27.5 Å². The second kappa shape index (κ2) is 3.22. The zero-order chi connectivity index (χ0) is 9.35. The molecule has 0 radical (unpaired) electrons. The van der Waals surface area contributed by atoms with Crippen molar-refractivity contribution in [3.63, 3.8) is 0 Å². The van der Waals surface area contributed by atoms with Crippen molar-refractivity contribution in [1.82, 2.24) is 4.98 Å². The van der Waals surface area contributed by atoms with Gasteiger partial charge >= 0.3 is 6.18 Å². The Balaban J connectivity index is 3.23. The van der Waals surface area contributed by atoms with E-state index in [0.717, 1.165) is 0 Å². The number of pyridine rings is 1. The molecule has 0 amide bonds. The maximum absolute atomic E-state index is 12.1. The Morgan fingerprint density at radius 2 is 1.92 bits per heavy atom. The molecule has 0 unspecified atom stereocenters. The van der Waals surface area contributed by atoms with Gasteiger partial charge in [-0.3, -0.25) is 0 Å². The Hall–Kier alpha value is -0.290. The van der Waals surface area contributed by atoms with E-state index in [1.165, 1.54) is 12.1 Å². The molecule has 0 spiro atoms. The van der Waals surface area contributed by atoms with Crippen molar-refractivity contribution in [3.8, 4) is 0 Å². The van der Waals surface area contributed by atoms with E-state index in [1.807, 2.05) is 0 Å². The second-order valence-corrected chi connectivity index (χ2v) is 3.20. The minimum atomic E-state index is -4.47. The zero-order valence-electron chi connectivity index (χ0n) is 5.49. The molecule has 0 N–H and O–H groups in total. The van der Waals surface area contributed by atoms with Crippen LogP contribution in [0.5, 0.6) is 0 Å². The Bertz CT molecular complexity index is 299. The van der Waals surface area contributed by atoms with Gasteiger partial charge in [0.15, 0.2) is 5.69 Å². The highest BCUT2D eigenvalue weighted by Crippen LogP contribution is 2.33. The van der Waals surface area contributed by atoms with E-state index in [1.54, 1.807) is 0 Å². The smallest absolute Gasteiger partial charge is 0.230 e. The lowest BCUT2D eigenvalue weighted by Crippen LogP contribution is -2.08. The number of rotatable bonds is 0. The van der Waals surface area contributed by atoms with E-state index < -0.39 is 11.9 Å². The molecule has 12 heavy (non-hydrogen) atoms. The van der Waals surface area contributed by atoms with Gasteiger partial charge in [0.2, 0.25) is 0 Å². The van der Waals surface area contributed by atoms with E-state index in [4.69, 9.17) is 11.6 Å². The molecule has 1 aromatic rings. The lowest BCUT2D eigenvalue weighted by molar-refractivity contribution is -0.141. The molecule has 0 aliphatic heterocycles. The molecular weight excluding hydrogens is 258 g/mol. The molecule has 1 nitrogen and oxygen atoms in total. The van der Waals surface area contributed by atoms with Gasteiger partial charge in [-0.15, -0.1) is 0 Å². The van der Waals surface area contributed by atoms with Crippen LogP contribution in [0.4, 0.5) is 13.2 Å². The van der Waals surface area contributed by atoms with E-state index in [2.05, 4.69) is 20.9 Å². The summed E-state index contributed by atoms with van der Waals surface area (Å²) in [5.74, 6) is 0. The van der Waals surface area contributed by atoms with Crippen LogP contribution in [0.3, 0.4) is 0 Å². The minimum absolute atomic E-state index is 0.112. The Kier molecular flexibility index (Phi) is 2.63. The van der Waals surface area contributed by atoms with Gasteiger partial charge in [-0.05, 0) is 28.1 Å². The van der Waals surface area contributed by atoms with E-state index in [9.17, 15) is 13.2 Å². The Morgan fingerprint density at radius 3 is 2.33 bits per heavy atom. The molecule has 66 valence electrons. The highest BCUT2D eigenvalue weighted by atomic mass is 79.9. The lowest BCUT2D eigenvalue weighted by Gasteiger charge is -2.06. The topological polar surface area (TPSA) is 12.9 Å².